The average molecular weight is 362 g/mol. The Kier molecular flexibility index (Phi) is 3.88. The minimum Gasteiger partial charge on any atom is -0.508 e. The highest BCUT2D eigenvalue weighted by Gasteiger charge is 2.53. The number of benzene rings is 2. The highest BCUT2D eigenvalue weighted by Crippen LogP contribution is 2.48. The van der Waals surface area contributed by atoms with Gasteiger partial charge in [0.1, 0.15) is 22.8 Å². The van der Waals surface area contributed by atoms with Crippen LogP contribution in [0.2, 0.25) is 0 Å². The summed E-state index contributed by atoms with van der Waals surface area (Å²) in [6, 6.07) is 5.20. The predicted octanol–water partition coefficient (Wildman–Crippen LogP) is 1.03. The zero-order valence-corrected chi connectivity index (χ0v) is 13.1. The SMILES string of the molecule is O=C(O)C[C@]1(O)C(=O)c2c(O)cc(O)cc2O[C@@H]1c1ccc(O)c(O)c1. The molecule has 9 nitrogen and oxygen atoms in total. The van der Waals surface area contributed by atoms with Crippen LogP contribution in [0.25, 0.3) is 0 Å². The molecule has 1 aliphatic heterocycles. The van der Waals surface area contributed by atoms with E-state index in [0.29, 0.717) is 0 Å². The molecule has 0 bridgehead atoms. The van der Waals surface area contributed by atoms with E-state index in [0.717, 1.165) is 24.3 Å². The maximum absolute atomic E-state index is 12.8. The largest absolute Gasteiger partial charge is 0.508 e. The number of carbonyl (C=O) groups excluding carboxylic acids is 1. The van der Waals surface area contributed by atoms with Crippen LogP contribution in [0.5, 0.6) is 28.7 Å². The summed E-state index contributed by atoms with van der Waals surface area (Å²) in [5.74, 6) is -5.00. The third-order valence-corrected chi connectivity index (χ3v) is 4.09. The molecule has 0 aliphatic carbocycles. The summed E-state index contributed by atoms with van der Waals surface area (Å²) < 4.78 is 5.51. The zero-order valence-electron chi connectivity index (χ0n) is 13.1. The lowest BCUT2D eigenvalue weighted by atomic mass is 9.79. The third-order valence-electron chi connectivity index (χ3n) is 4.09. The van der Waals surface area contributed by atoms with Crippen molar-refractivity contribution in [2.45, 2.75) is 18.1 Å². The van der Waals surface area contributed by atoms with E-state index in [1.54, 1.807) is 0 Å². The van der Waals surface area contributed by atoms with E-state index in [4.69, 9.17) is 9.84 Å². The van der Waals surface area contributed by atoms with Crippen LogP contribution < -0.4 is 4.74 Å². The van der Waals surface area contributed by atoms with Gasteiger partial charge in [0.25, 0.3) is 0 Å². The van der Waals surface area contributed by atoms with Crippen molar-refractivity contribution in [2.24, 2.45) is 0 Å². The summed E-state index contributed by atoms with van der Waals surface area (Å²) in [7, 11) is 0. The van der Waals surface area contributed by atoms with E-state index in [-0.39, 0.29) is 11.3 Å². The van der Waals surface area contributed by atoms with Crippen molar-refractivity contribution < 1.29 is 45.0 Å². The number of carboxylic acids is 1. The third kappa shape index (κ3) is 2.64. The van der Waals surface area contributed by atoms with Crippen LogP contribution in [-0.4, -0.2) is 48.0 Å². The number of ketones is 1. The second-order valence-electron chi connectivity index (χ2n) is 5.91. The highest BCUT2D eigenvalue weighted by molar-refractivity contribution is 6.09. The van der Waals surface area contributed by atoms with Gasteiger partial charge in [-0.3, -0.25) is 9.59 Å². The number of ether oxygens (including phenoxy) is 1. The van der Waals surface area contributed by atoms with Crippen LogP contribution in [-0.2, 0) is 4.79 Å². The van der Waals surface area contributed by atoms with Gasteiger partial charge in [-0.05, 0) is 17.7 Å². The lowest BCUT2D eigenvalue weighted by Crippen LogP contribution is -2.51. The molecule has 1 aliphatic rings. The molecule has 0 saturated carbocycles. The lowest BCUT2D eigenvalue weighted by molar-refractivity contribution is -0.145. The topological polar surface area (TPSA) is 165 Å². The molecular formula is C17H14O9. The second-order valence-corrected chi connectivity index (χ2v) is 5.91. The van der Waals surface area contributed by atoms with Crippen molar-refractivity contribution >= 4 is 11.8 Å². The molecule has 0 radical (unpaired) electrons. The van der Waals surface area contributed by atoms with Crippen LogP contribution in [0.4, 0.5) is 0 Å². The number of carbonyl (C=O) groups is 2. The summed E-state index contributed by atoms with van der Waals surface area (Å²) in [5, 5.41) is 58.6. The van der Waals surface area contributed by atoms with Crippen LogP contribution in [0.1, 0.15) is 28.4 Å². The van der Waals surface area contributed by atoms with Crippen LogP contribution >= 0.6 is 0 Å². The van der Waals surface area contributed by atoms with Gasteiger partial charge >= 0.3 is 5.97 Å². The molecule has 0 unspecified atom stereocenters. The molecule has 0 saturated heterocycles. The van der Waals surface area contributed by atoms with Crippen molar-refractivity contribution in [1.82, 2.24) is 0 Å². The number of rotatable bonds is 3. The molecule has 6 N–H and O–H groups in total. The average Bonchev–Trinajstić information content (AvgIpc) is 2.52. The molecule has 2 atom stereocenters. The molecule has 0 amide bonds. The van der Waals surface area contributed by atoms with E-state index >= 15 is 0 Å². The minimum atomic E-state index is -2.60. The monoisotopic (exact) mass is 362 g/mol. The zero-order chi connectivity index (χ0) is 19.2. The fourth-order valence-corrected chi connectivity index (χ4v) is 2.92. The highest BCUT2D eigenvalue weighted by atomic mass is 16.5. The van der Waals surface area contributed by atoms with Crippen molar-refractivity contribution in [3.05, 3.63) is 41.5 Å². The molecular weight excluding hydrogens is 348 g/mol. The molecule has 136 valence electrons. The Bertz CT molecular complexity index is 921. The van der Waals surface area contributed by atoms with E-state index in [9.17, 15) is 35.1 Å². The van der Waals surface area contributed by atoms with Gasteiger partial charge in [-0.1, -0.05) is 6.07 Å². The molecule has 0 fully saturated rings. The van der Waals surface area contributed by atoms with Crippen LogP contribution in [0.15, 0.2) is 30.3 Å². The number of fused-ring (bicyclic) bond motifs is 1. The lowest BCUT2D eigenvalue weighted by Gasteiger charge is -2.38. The first-order valence-electron chi connectivity index (χ1n) is 7.37. The maximum Gasteiger partial charge on any atom is 0.306 e. The van der Waals surface area contributed by atoms with E-state index in [1.807, 2.05) is 0 Å². The first-order chi connectivity index (χ1) is 12.1. The van der Waals surface area contributed by atoms with Crippen molar-refractivity contribution in [3.63, 3.8) is 0 Å². The summed E-state index contributed by atoms with van der Waals surface area (Å²) >= 11 is 0. The number of phenols is 4. The molecule has 1 heterocycles. The van der Waals surface area contributed by atoms with Gasteiger partial charge in [0.05, 0.1) is 6.42 Å². The molecule has 0 aromatic heterocycles. The van der Waals surface area contributed by atoms with Crippen molar-refractivity contribution in [3.8, 4) is 28.7 Å². The summed E-state index contributed by atoms with van der Waals surface area (Å²) in [4.78, 5) is 24.0. The Hall–Kier alpha value is -3.46. The fraction of sp³-hybridized carbons (Fsp3) is 0.176. The van der Waals surface area contributed by atoms with E-state index in [1.165, 1.54) is 6.07 Å². The number of carboxylic acid groups (broad SMARTS) is 1. The van der Waals surface area contributed by atoms with Crippen molar-refractivity contribution in [2.75, 3.05) is 0 Å². The van der Waals surface area contributed by atoms with Gasteiger partial charge in [0, 0.05) is 12.1 Å². The van der Waals surface area contributed by atoms with E-state index < -0.39 is 58.4 Å². The summed E-state index contributed by atoms with van der Waals surface area (Å²) in [6.45, 7) is 0. The number of Topliss-reactive ketones (excluding diaryl/α,β-unsaturated/α-hetero) is 1. The molecule has 0 spiro atoms. The van der Waals surface area contributed by atoms with Gasteiger partial charge in [0.15, 0.2) is 23.2 Å². The normalized spacial score (nSPS) is 21.7. The van der Waals surface area contributed by atoms with Crippen LogP contribution in [0, 0.1) is 0 Å². The standard InChI is InChI=1S/C17H14O9/c18-8-4-11(21)14-12(5-8)26-16(7-1-2-9(19)10(20)3-7)17(25,15(14)24)6-13(22)23/h1-5,16,18-21,25H,6H2,(H,22,23)/t16-,17+/m1/s1. The summed E-state index contributed by atoms with van der Waals surface area (Å²) in [6.07, 6.45) is -2.62. The smallest absolute Gasteiger partial charge is 0.306 e. The number of aliphatic hydroxyl groups is 1. The molecule has 9 heteroatoms. The van der Waals surface area contributed by atoms with Gasteiger partial charge < -0.3 is 35.4 Å². The van der Waals surface area contributed by atoms with E-state index in [2.05, 4.69) is 0 Å². The number of aliphatic carboxylic acids is 1. The van der Waals surface area contributed by atoms with Gasteiger partial charge in [0.2, 0.25) is 5.78 Å². The quantitative estimate of drug-likeness (QED) is 0.437. The Morgan fingerprint density at radius 1 is 1.04 bits per heavy atom. The first-order valence-corrected chi connectivity index (χ1v) is 7.37. The maximum atomic E-state index is 12.8. The van der Waals surface area contributed by atoms with Gasteiger partial charge in [-0.2, -0.15) is 0 Å². The first kappa shape index (κ1) is 17.4. The van der Waals surface area contributed by atoms with Crippen molar-refractivity contribution in [1.29, 1.82) is 0 Å². The Balaban J connectivity index is 2.21. The number of aromatic hydroxyl groups is 4. The van der Waals surface area contributed by atoms with Gasteiger partial charge in [-0.25, -0.2) is 0 Å². The number of hydrogen-bond acceptors (Lipinski definition) is 8. The number of phenolic OH excluding ortho intramolecular Hbond substituents is 4. The molecule has 2 aromatic carbocycles. The molecule has 26 heavy (non-hydrogen) atoms. The number of hydrogen-bond donors (Lipinski definition) is 6. The Labute approximate surface area is 146 Å². The Morgan fingerprint density at radius 3 is 2.35 bits per heavy atom. The van der Waals surface area contributed by atoms with Gasteiger partial charge in [-0.15, -0.1) is 0 Å². The minimum absolute atomic E-state index is 0.00545. The molecule has 3 rings (SSSR count). The van der Waals surface area contributed by atoms with Crippen LogP contribution in [0.3, 0.4) is 0 Å². The second kappa shape index (κ2) is 5.81. The summed E-state index contributed by atoms with van der Waals surface area (Å²) in [5.41, 5.74) is -3.06. The predicted molar refractivity (Wildman–Crippen MR) is 84.4 cm³/mol. The fourth-order valence-electron chi connectivity index (χ4n) is 2.92. The molecule has 2 aromatic rings. The Morgan fingerprint density at radius 2 is 1.73 bits per heavy atom.